The van der Waals surface area contributed by atoms with Crippen LogP contribution in [0.2, 0.25) is 0 Å². The van der Waals surface area contributed by atoms with Crippen LogP contribution in [0.15, 0.2) is 34.2 Å². The van der Waals surface area contributed by atoms with Crippen molar-refractivity contribution in [1.29, 1.82) is 0 Å². The van der Waals surface area contributed by atoms with Gasteiger partial charge in [0.25, 0.3) is 0 Å². The van der Waals surface area contributed by atoms with Crippen molar-refractivity contribution in [1.82, 2.24) is 9.97 Å². The summed E-state index contributed by atoms with van der Waals surface area (Å²) in [6.45, 7) is 0. The number of hydrogen-bond acceptors (Lipinski definition) is 4. The Balaban J connectivity index is 2.81. The first-order valence-electron chi connectivity index (χ1n) is 3.89. The molecule has 70 valence electrons. The first-order chi connectivity index (χ1) is 6.83. The molecule has 1 aromatic carbocycles. The van der Waals surface area contributed by atoms with Crippen LogP contribution < -0.4 is 0 Å². The van der Waals surface area contributed by atoms with Crippen molar-refractivity contribution in [3.8, 4) is 0 Å². The zero-order chi connectivity index (χ0) is 9.97. The molecule has 0 aliphatic carbocycles. The van der Waals surface area contributed by atoms with Gasteiger partial charge in [-0.3, -0.25) is 9.97 Å². The third-order valence-electron chi connectivity index (χ3n) is 1.80. The maximum Gasteiger partial charge on any atom is 0.103 e. The lowest BCUT2D eigenvalue weighted by molar-refractivity contribution is 0.322. The fourth-order valence-corrected chi connectivity index (χ4v) is 1.63. The highest BCUT2D eigenvalue weighted by Crippen LogP contribution is 2.22. The molecule has 4 nitrogen and oxygen atoms in total. The van der Waals surface area contributed by atoms with Crippen LogP contribution in [-0.4, -0.2) is 21.4 Å². The summed E-state index contributed by atoms with van der Waals surface area (Å²) < 4.78 is 0.871. The molecule has 2 rings (SSSR count). The molecule has 0 amide bonds. The van der Waals surface area contributed by atoms with Crippen LogP contribution in [0.4, 0.5) is 0 Å². The van der Waals surface area contributed by atoms with Gasteiger partial charge in [-0.05, 0) is 28.1 Å². The van der Waals surface area contributed by atoms with Gasteiger partial charge in [0.15, 0.2) is 0 Å². The molecule has 14 heavy (non-hydrogen) atoms. The Morgan fingerprint density at radius 1 is 1.21 bits per heavy atom. The predicted octanol–water partition coefficient (Wildman–Crippen LogP) is 2.20. The lowest BCUT2D eigenvalue weighted by atomic mass is 10.2. The molecule has 1 N–H and O–H groups in total. The van der Waals surface area contributed by atoms with E-state index in [1.165, 1.54) is 6.21 Å². The van der Waals surface area contributed by atoms with E-state index < -0.39 is 0 Å². The minimum Gasteiger partial charge on any atom is -0.411 e. The highest BCUT2D eigenvalue weighted by Gasteiger charge is 2.04. The minimum atomic E-state index is 0.708. The van der Waals surface area contributed by atoms with Crippen molar-refractivity contribution in [3.63, 3.8) is 0 Å². The number of nitrogens with zero attached hydrogens (tertiary/aromatic N) is 3. The number of oxime groups is 1. The van der Waals surface area contributed by atoms with Gasteiger partial charge in [0.1, 0.15) is 5.52 Å². The molecular formula is C9H6BrN3O. The van der Waals surface area contributed by atoms with E-state index in [1.807, 2.05) is 6.07 Å². The van der Waals surface area contributed by atoms with Crippen LogP contribution in [0.5, 0.6) is 0 Å². The predicted molar refractivity (Wildman–Crippen MR) is 56.6 cm³/mol. The van der Waals surface area contributed by atoms with E-state index in [0.29, 0.717) is 5.52 Å². The number of aromatic nitrogens is 2. The molecule has 0 fully saturated rings. The smallest absolute Gasteiger partial charge is 0.103 e. The molecule has 0 aliphatic heterocycles. The molecule has 0 aliphatic rings. The molecular weight excluding hydrogens is 246 g/mol. The molecule has 0 radical (unpaired) electrons. The molecule has 0 bridgehead atoms. The summed E-state index contributed by atoms with van der Waals surface area (Å²) in [5.41, 5.74) is 2.20. The molecule has 0 spiro atoms. The lowest BCUT2D eigenvalue weighted by Crippen LogP contribution is -1.90. The molecule has 0 saturated carbocycles. The number of halogens is 1. The summed E-state index contributed by atoms with van der Waals surface area (Å²) in [5.74, 6) is 0. The molecule has 1 aromatic heterocycles. The normalized spacial score (nSPS) is 11.2. The van der Waals surface area contributed by atoms with Gasteiger partial charge in [-0.1, -0.05) is 5.16 Å². The Labute approximate surface area is 88.4 Å². The van der Waals surface area contributed by atoms with Crippen LogP contribution in [0, 0.1) is 0 Å². The van der Waals surface area contributed by atoms with Crippen molar-refractivity contribution < 1.29 is 5.21 Å². The summed E-state index contributed by atoms with van der Waals surface area (Å²) in [5, 5.41) is 11.4. The number of rotatable bonds is 1. The van der Waals surface area contributed by atoms with Gasteiger partial charge >= 0.3 is 0 Å². The third kappa shape index (κ3) is 1.46. The van der Waals surface area contributed by atoms with Crippen molar-refractivity contribution in [3.05, 3.63) is 34.6 Å². The standard InChI is InChI=1S/C9H6BrN3O/c10-7-2-1-6(5-13-14)8-9(7)12-4-3-11-8/h1-5,14H. The quantitative estimate of drug-likeness (QED) is 0.480. The fourth-order valence-electron chi connectivity index (χ4n) is 1.21. The van der Waals surface area contributed by atoms with Gasteiger partial charge in [-0.25, -0.2) is 0 Å². The van der Waals surface area contributed by atoms with E-state index in [-0.39, 0.29) is 0 Å². The second kappa shape index (κ2) is 3.71. The second-order valence-corrected chi connectivity index (χ2v) is 3.49. The van der Waals surface area contributed by atoms with E-state index >= 15 is 0 Å². The zero-order valence-electron chi connectivity index (χ0n) is 7.05. The SMILES string of the molecule is ON=Cc1ccc(Br)c2nccnc12. The monoisotopic (exact) mass is 251 g/mol. The molecule has 0 atom stereocenters. The fraction of sp³-hybridized carbons (Fsp3) is 0. The van der Waals surface area contributed by atoms with E-state index in [1.54, 1.807) is 18.5 Å². The first kappa shape index (κ1) is 9.08. The lowest BCUT2D eigenvalue weighted by Gasteiger charge is -2.00. The summed E-state index contributed by atoms with van der Waals surface area (Å²) in [7, 11) is 0. The zero-order valence-corrected chi connectivity index (χ0v) is 8.64. The topological polar surface area (TPSA) is 58.4 Å². The average Bonchev–Trinajstić information content (AvgIpc) is 2.23. The largest absolute Gasteiger partial charge is 0.411 e. The number of benzene rings is 1. The highest BCUT2D eigenvalue weighted by atomic mass is 79.9. The Kier molecular flexibility index (Phi) is 2.41. The summed E-state index contributed by atoms with van der Waals surface area (Å²) in [4.78, 5) is 8.34. The van der Waals surface area contributed by atoms with Crippen molar-refractivity contribution in [2.24, 2.45) is 5.16 Å². The van der Waals surface area contributed by atoms with E-state index in [4.69, 9.17) is 5.21 Å². The molecule has 2 aromatic rings. The van der Waals surface area contributed by atoms with Crippen molar-refractivity contribution >= 4 is 33.2 Å². The van der Waals surface area contributed by atoms with Gasteiger partial charge in [0.2, 0.25) is 0 Å². The van der Waals surface area contributed by atoms with Gasteiger partial charge < -0.3 is 5.21 Å². The molecule has 0 saturated heterocycles. The van der Waals surface area contributed by atoms with Crippen LogP contribution in [0.1, 0.15) is 5.56 Å². The van der Waals surface area contributed by atoms with Crippen LogP contribution in [0.3, 0.4) is 0 Å². The number of fused-ring (bicyclic) bond motifs is 1. The van der Waals surface area contributed by atoms with E-state index in [0.717, 1.165) is 15.6 Å². The third-order valence-corrected chi connectivity index (χ3v) is 2.44. The van der Waals surface area contributed by atoms with Gasteiger partial charge in [0, 0.05) is 22.4 Å². The Hall–Kier alpha value is -1.49. The van der Waals surface area contributed by atoms with Crippen molar-refractivity contribution in [2.75, 3.05) is 0 Å². The minimum absolute atomic E-state index is 0.708. The second-order valence-electron chi connectivity index (χ2n) is 2.63. The Morgan fingerprint density at radius 2 is 1.93 bits per heavy atom. The van der Waals surface area contributed by atoms with E-state index in [9.17, 15) is 0 Å². The highest BCUT2D eigenvalue weighted by molar-refractivity contribution is 9.10. The van der Waals surface area contributed by atoms with Gasteiger partial charge in [-0.15, -0.1) is 0 Å². The maximum absolute atomic E-state index is 8.46. The first-order valence-corrected chi connectivity index (χ1v) is 4.69. The van der Waals surface area contributed by atoms with E-state index in [2.05, 4.69) is 31.1 Å². The van der Waals surface area contributed by atoms with Crippen LogP contribution in [-0.2, 0) is 0 Å². The van der Waals surface area contributed by atoms with Gasteiger partial charge in [0.05, 0.1) is 11.7 Å². The van der Waals surface area contributed by atoms with Crippen LogP contribution in [0.25, 0.3) is 11.0 Å². The molecule has 5 heteroatoms. The van der Waals surface area contributed by atoms with Crippen LogP contribution >= 0.6 is 15.9 Å². The van der Waals surface area contributed by atoms with Gasteiger partial charge in [-0.2, -0.15) is 0 Å². The molecule has 1 heterocycles. The maximum atomic E-state index is 8.46. The summed E-state index contributed by atoms with van der Waals surface area (Å²) in [6.07, 6.45) is 4.56. The Morgan fingerprint density at radius 3 is 2.64 bits per heavy atom. The summed E-state index contributed by atoms with van der Waals surface area (Å²) >= 11 is 3.37. The average molecular weight is 252 g/mol. The summed E-state index contributed by atoms with van der Waals surface area (Å²) in [6, 6.07) is 3.65. The number of hydrogen-bond donors (Lipinski definition) is 1. The molecule has 0 unspecified atom stereocenters. The Bertz CT molecular complexity index is 498. The van der Waals surface area contributed by atoms with Crippen molar-refractivity contribution in [2.45, 2.75) is 0 Å².